The highest BCUT2D eigenvalue weighted by atomic mass is 16.5. The first-order valence-electron chi connectivity index (χ1n) is 8.99. The highest BCUT2D eigenvalue weighted by Gasteiger charge is 2.27. The summed E-state index contributed by atoms with van der Waals surface area (Å²) in [6.45, 7) is 6.53. The van der Waals surface area contributed by atoms with E-state index in [4.69, 9.17) is 9.47 Å². The third-order valence-electron chi connectivity index (χ3n) is 4.83. The molecule has 138 valence electrons. The number of methoxy groups -OCH3 is 1. The number of piperazine rings is 1. The Kier molecular flexibility index (Phi) is 6.49. The minimum Gasteiger partial charge on any atom is -0.489 e. The molecule has 2 saturated heterocycles. The van der Waals surface area contributed by atoms with Crippen LogP contribution in [0.5, 0.6) is 5.75 Å². The van der Waals surface area contributed by atoms with E-state index in [2.05, 4.69) is 15.5 Å². The maximum absolute atomic E-state index is 12.6. The second-order valence-electron chi connectivity index (χ2n) is 6.44. The van der Waals surface area contributed by atoms with E-state index in [1.165, 1.54) is 6.42 Å². The number of ether oxygens (including phenoxy) is 2. The summed E-state index contributed by atoms with van der Waals surface area (Å²) in [5.41, 5.74) is 0.700. The minimum absolute atomic E-state index is 0.0630. The number of carbonyl (C=O) groups excluding carboxylic acids is 1. The SMILES string of the molecule is COCCOc1ccccc1NC(=O)N1CCN([C@@H]2CCNC2)CC1. The molecule has 2 aliphatic rings. The molecule has 7 heteroatoms. The molecule has 0 radical (unpaired) electrons. The fourth-order valence-electron chi connectivity index (χ4n) is 3.37. The molecule has 0 aliphatic carbocycles. The van der Waals surface area contributed by atoms with E-state index in [9.17, 15) is 4.79 Å². The molecule has 2 amide bonds. The third-order valence-corrected chi connectivity index (χ3v) is 4.83. The molecule has 0 saturated carbocycles. The van der Waals surface area contributed by atoms with Crippen molar-refractivity contribution in [2.75, 3.05) is 64.9 Å². The molecule has 0 bridgehead atoms. The molecule has 1 atom stereocenters. The van der Waals surface area contributed by atoms with Crippen LogP contribution in [0.15, 0.2) is 24.3 Å². The Morgan fingerprint density at radius 3 is 2.76 bits per heavy atom. The number of amides is 2. The number of hydrogen-bond acceptors (Lipinski definition) is 5. The molecule has 2 aliphatic heterocycles. The number of urea groups is 1. The van der Waals surface area contributed by atoms with Crippen molar-refractivity contribution in [2.45, 2.75) is 12.5 Å². The van der Waals surface area contributed by atoms with Crippen LogP contribution in [-0.4, -0.2) is 81.5 Å². The zero-order valence-electron chi connectivity index (χ0n) is 14.9. The van der Waals surface area contributed by atoms with Crippen molar-refractivity contribution in [1.82, 2.24) is 15.1 Å². The quantitative estimate of drug-likeness (QED) is 0.757. The second kappa shape index (κ2) is 9.03. The number of nitrogens with zero attached hydrogens (tertiary/aromatic N) is 2. The molecule has 25 heavy (non-hydrogen) atoms. The Morgan fingerprint density at radius 1 is 1.24 bits per heavy atom. The lowest BCUT2D eigenvalue weighted by atomic mass is 10.2. The zero-order chi connectivity index (χ0) is 17.5. The standard InChI is InChI=1S/C18H28N4O3/c1-24-12-13-25-17-5-3-2-4-16(17)20-18(23)22-10-8-21(9-11-22)15-6-7-19-14-15/h2-5,15,19H,6-14H2,1H3,(H,20,23)/t15-/m1/s1. The van der Waals surface area contributed by atoms with Crippen molar-refractivity contribution < 1.29 is 14.3 Å². The van der Waals surface area contributed by atoms with Gasteiger partial charge in [-0.2, -0.15) is 0 Å². The second-order valence-corrected chi connectivity index (χ2v) is 6.44. The molecule has 3 rings (SSSR count). The lowest BCUT2D eigenvalue weighted by molar-refractivity contribution is 0.119. The van der Waals surface area contributed by atoms with E-state index in [0.29, 0.717) is 30.7 Å². The Labute approximate surface area is 149 Å². The Bertz CT molecular complexity index is 555. The number of hydrogen-bond donors (Lipinski definition) is 2. The molecule has 1 aromatic carbocycles. The fraction of sp³-hybridized carbons (Fsp3) is 0.611. The fourth-order valence-corrected chi connectivity index (χ4v) is 3.37. The minimum atomic E-state index is -0.0630. The predicted molar refractivity (Wildman–Crippen MR) is 97.3 cm³/mol. The maximum Gasteiger partial charge on any atom is 0.322 e. The molecule has 7 nitrogen and oxygen atoms in total. The van der Waals surface area contributed by atoms with Gasteiger partial charge >= 0.3 is 6.03 Å². The van der Waals surface area contributed by atoms with Gasteiger partial charge in [-0.3, -0.25) is 4.90 Å². The van der Waals surface area contributed by atoms with Crippen molar-refractivity contribution in [3.8, 4) is 5.75 Å². The van der Waals surface area contributed by atoms with E-state index < -0.39 is 0 Å². The Balaban J connectivity index is 1.51. The number of para-hydroxylation sites is 2. The molecule has 0 aromatic heterocycles. The van der Waals surface area contributed by atoms with Crippen molar-refractivity contribution >= 4 is 11.7 Å². The molecular formula is C18H28N4O3. The molecule has 0 spiro atoms. The van der Waals surface area contributed by atoms with Gasteiger partial charge in [0.15, 0.2) is 0 Å². The summed E-state index contributed by atoms with van der Waals surface area (Å²) < 4.78 is 10.7. The van der Waals surface area contributed by atoms with Crippen molar-refractivity contribution in [2.24, 2.45) is 0 Å². The smallest absolute Gasteiger partial charge is 0.322 e. The average molecular weight is 348 g/mol. The van der Waals surface area contributed by atoms with Crippen LogP contribution in [0.2, 0.25) is 0 Å². The molecule has 2 heterocycles. The maximum atomic E-state index is 12.6. The summed E-state index contributed by atoms with van der Waals surface area (Å²) in [5, 5.41) is 6.39. The van der Waals surface area contributed by atoms with Crippen LogP contribution in [-0.2, 0) is 4.74 Å². The lowest BCUT2D eigenvalue weighted by Crippen LogP contribution is -2.53. The van der Waals surface area contributed by atoms with Gasteiger partial charge in [0.05, 0.1) is 12.3 Å². The van der Waals surface area contributed by atoms with E-state index >= 15 is 0 Å². The van der Waals surface area contributed by atoms with E-state index in [0.717, 1.165) is 39.3 Å². The largest absolute Gasteiger partial charge is 0.489 e. The topological polar surface area (TPSA) is 66.1 Å². The molecule has 0 unspecified atom stereocenters. The summed E-state index contributed by atoms with van der Waals surface area (Å²) in [7, 11) is 1.64. The van der Waals surface area contributed by atoms with Crippen LogP contribution >= 0.6 is 0 Å². The van der Waals surface area contributed by atoms with E-state index in [1.807, 2.05) is 29.2 Å². The van der Waals surface area contributed by atoms with Crippen molar-refractivity contribution in [3.05, 3.63) is 24.3 Å². The number of rotatable bonds is 6. The van der Waals surface area contributed by atoms with Crippen molar-refractivity contribution in [3.63, 3.8) is 0 Å². The summed E-state index contributed by atoms with van der Waals surface area (Å²) in [6.07, 6.45) is 1.21. The van der Waals surface area contributed by atoms with Crippen LogP contribution in [0.3, 0.4) is 0 Å². The van der Waals surface area contributed by atoms with Gasteiger partial charge in [-0.25, -0.2) is 4.79 Å². The molecule has 2 N–H and O–H groups in total. The first kappa shape index (κ1) is 18.0. The number of benzene rings is 1. The Morgan fingerprint density at radius 2 is 2.04 bits per heavy atom. The monoisotopic (exact) mass is 348 g/mol. The molecule has 1 aromatic rings. The van der Waals surface area contributed by atoms with Crippen molar-refractivity contribution in [1.29, 1.82) is 0 Å². The van der Waals surface area contributed by atoms with Crippen LogP contribution in [0.25, 0.3) is 0 Å². The number of nitrogens with one attached hydrogen (secondary N) is 2. The van der Waals surface area contributed by atoms with Gasteiger partial charge in [0, 0.05) is 45.9 Å². The molecular weight excluding hydrogens is 320 g/mol. The zero-order valence-corrected chi connectivity index (χ0v) is 14.9. The van der Waals surface area contributed by atoms with Crippen LogP contribution in [0.1, 0.15) is 6.42 Å². The summed E-state index contributed by atoms with van der Waals surface area (Å²) in [5.74, 6) is 0.670. The van der Waals surface area contributed by atoms with Gasteiger partial charge < -0.3 is 25.0 Å². The summed E-state index contributed by atoms with van der Waals surface area (Å²) in [6, 6.07) is 8.07. The number of carbonyl (C=O) groups is 1. The average Bonchev–Trinajstić information content (AvgIpc) is 3.18. The van der Waals surface area contributed by atoms with Gasteiger partial charge in [0.1, 0.15) is 12.4 Å². The highest BCUT2D eigenvalue weighted by Crippen LogP contribution is 2.24. The first-order chi connectivity index (χ1) is 12.3. The highest BCUT2D eigenvalue weighted by molar-refractivity contribution is 5.91. The predicted octanol–water partition coefficient (Wildman–Crippen LogP) is 1.22. The van der Waals surface area contributed by atoms with Gasteiger partial charge in [-0.15, -0.1) is 0 Å². The third kappa shape index (κ3) is 4.84. The summed E-state index contributed by atoms with van der Waals surface area (Å²) in [4.78, 5) is 17.0. The van der Waals surface area contributed by atoms with E-state index in [1.54, 1.807) is 7.11 Å². The lowest BCUT2D eigenvalue weighted by Gasteiger charge is -2.37. The normalized spacial score (nSPS) is 21.3. The Hall–Kier alpha value is -1.83. The first-order valence-corrected chi connectivity index (χ1v) is 8.99. The van der Waals surface area contributed by atoms with Crippen LogP contribution < -0.4 is 15.4 Å². The van der Waals surface area contributed by atoms with Gasteiger partial charge in [0.2, 0.25) is 0 Å². The molecule has 2 fully saturated rings. The number of anilines is 1. The van der Waals surface area contributed by atoms with Crippen LogP contribution in [0.4, 0.5) is 10.5 Å². The van der Waals surface area contributed by atoms with Crippen LogP contribution in [0, 0.1) is 0 Å². The summed E-state index contributed by atoms with van der Waals surface area (Å²) >= 11 is 0. The van der Waals surface area contributed by atoms with E-state index in [-0.39, 0.29) is 6.03 Å². The van der Waals surface area contributed by atoms with Gasteiger partial charge in [0.25, 0.3) is 0 Å². The van der Waals surface area contributed by atoms with Gasteiger partial charge in [-0.1, -0.05) is 12.1 Å². The van der Waals surface area contributed by atoms with Gasteiger partial charge in [-0.05, 0) is 25.1 Å².